The number of nitrogens with one attached hydrogen (secondary N) is 1. The topological polar surface area (TPSA) is 69.0 Å². The van der Waals surface area contributed by atoms with Crippen molar-refractivity contribution in [2.75, 3.05) is 12.5 Å². The van der Waals surface area contributed by atoms with Gasteiger partial charge in [0.25, 0.3) is 0 Å². The zero-order chi connectivity index (χ0) is 19.8. The third kappa shape index (κ3) is 3.26. The zero-order valence-corrected chi connectivity index (χ0v) is 17.1. The monoisotopic (exact) mass is 394 g/mol. The fourth-order valence-electron chi connectivity index (χ4n) is 3.28. The van der Waals surface area contributed by atoms with Gasteiger partial charge in [0.1, 0.15) is 16.8 Å². The normalized spacial score (nSPS) is 18.3. The molecule has 7 heteroatoms. The fraction of sp³-hybridized carbons (Fsp3) is 0.286. The number of aryl methyl sites for hydroxylation is 3. The van der Waals surface area contributed by atoms with Gasteiger partial charge in [-0.15, -0.1) is 10.2 Å². The lowest BCUT2D eigenvalue weighted by Crippen LogP contribution is -2.39. The van der Waals surface area contributed by atoms with Crippen LogP contribution in [0.2, 0.25) is 0 Å². The van der Waals surface area contributed by atoms with Gasteiger partial charge in [-0.3, -0.25) is 4.79 Å². The largest absolute Gasteiger partial charge is 0.497 e. The van der Waals surface area contributed by atoms with Crippen LogP contribution in [0, 0.1) is 20.8 Å². The van der Waals surface area contributed by atoms with Crippen molar-refractivity contribution < 1.29 is 9.53 Å². The number of carbonyl (C=O) groups is 1. The van der Waals surface area contributed by atoms with E-state index in [1.807, 2.05) is 67.9 Å². The molecular weight excluding hydrogens is 372 g/mol. The number of hydrogen-bond donors (Lipinski definition) is 1. The number of methoxy groups -OCH3 is 1. The minimum Gasteiger partial charge on any atom is -0.497 e. The van der Waals surface area contributed by atoms with Crippen LogP contribution in [0.5, 0.6) is 5.75 Å². The second-order valence-corrected chi connectivity index (χ2v) is 8.06. The maximum absolute atomic E-state index is 13.4. The Morgan fingerprint density at radius 2 is 1.82 bits per heavy atom. The lowest BCUT2D eigenvalue weighted by Gasteiger charge is -2.33. The van der Waals surface area contributed by atoms with Crippen LogP contribution >= 0.6 is 11.8 Å². The molecule has 0 spiro atoms. The van der Waals surface area contributed by atoms with Crippen LogP contribution in [0.4, 0.5) is 0 Å². The second kappa shape index (κ2) is 7.31. The van der Waals surface area contributed by atoms with E-state index in [4.69, 9.17) is 4.74 Å². The molecule has 1 aliphatic rings. The van der Waals surface area contributed by atoms with E-state index < -0.39 is 0 Å². The number of carbonyl (C=O) groups excluding carboxylic acids is 1. The van der Waals surface area contributed by atoms with Crippen LogP contribution < -0.4 is 10.2 Å². The fourth-order valence-corrected chi connectivity index (χ4v) is 4.48. The molecule has 0 bridgehead atoms. The van der Waals surface area contributed by atoms with Crippen molar-refractivity contribution in [3.8, 4) is 5.75 Å². The van der Waals surface area contributed by atoms with Crippen LogP contribution in [0.3, 0.4) is 0 Å². The average molecular weight is 395 g/mol. The Bertz CT molecular complexity index is 1030. The molecule has 0 saturated carbocycles. The minimum absolute atomic E-state index is 0.0771. The Balaban J connectivity index is 1.74. The number of rotatable bonds is 4. The summed E-state index contributed by atoms with van der Waals surface area (Å²) in [4.78, 5) is 13.4. The van der Waals surface area contributed by atoms with E-state index >= 15 is 0 Å². The number of thioether (sulfide) groups is 1. The van der Waals surface area contributed by atoms with Gasteiger partial charge in [-0.05, 0) is 55.7 Å². The van der Waals surface area contributed by atoms with Gasteiger partial charge in [0.15, 0.2) is 5.78 Å². The number of Topliss-reactive ketones (excluding diaryl/α,β-unsaturated/α-hetero) is 1. The first-order valence-corrected chi connectivity index (χ1v) is 9.96. The van der Waals surface area contributed by atoms with E-state index in [2.05, 4.69) is 15.6 Å². The Morgan fingerprint density at radius 3 is 2.50 bits per heavy atom. The number of ether oxygens (including phenoxy) is 1. The van der Waals surface area contributed by atoms with Crippen molar-refractivity contribution >= 4 is 17.5 Å². The summed E-state index contributed by atoms with van der Waals surface area (Å²) in [5, 5.41) is 8.70. The summed E-state index contributed by atoms with van der Waals surface area (Å²) in [5.41, 5.74) is 7.44. The average Bonchev–Trinajstić information content (AvgIpc) is 3.08. The van der Waals surface area contributed by atoms with E-state index in [1.54, 1.807) is 7.11 Å². The predicted octanol–water partition coefficient (Wildman–Crippen LogP) is 3.85. The summed E-state index contributed by atoms with van der Waals surface area (Å²) in [6.07, 6.45) is 0. The first-order valence-electron chi connectivity index (χ1n) is 9.08. The quantitative estimate of drug-likeness (QED) is 0.678. The number of hydrogen-bond acceptors (Lipinski definition) is 6. The summed E-state index contributed by atoms with van der Waals surface area (Å²) < 4.78 is 7.12. The number of benzene rings is 2. The SMILES string of the molecule is COc1ccc([C@H]2Nn3c(C)nnc3S[C@@H]2C(=O)c2ccc(C)c(C)c2)cc1. The lowest BCUT2D eigenvalue weighted by atomic mass is 9.95. The zero-order valence-electron chi connectivity index (χ0n) is 16.3. The molecule has 0 radical (unpaired) electrons. The number of nitrogens with zero attached hydrogens (tertiary/aromatic N) is 3. The predicted molar refractivity (Wildman–Crippen MR) is 110 cm³/mol. The Kier molecular flexibility index (Phi) is 4.85. The molecule has 144 valence electrons. The van der Waals surface area contributed by atoms with E-state index in [0.717, 1.165) is 22.7 Å². The van der Waals surface area contributed by atoms with Crippen LogP contribution in [0.15, 0.2) is 47.6 Å². The van der Waals surface area contributed by atoms with E-state index in [-0.39, 0.29) is 17.1 Å². The Morgan fingerprint density at radius 1 is 1.07 bits per heavy atom. The van der Waals surface area contributed by atoms with E-state index in [1.165, 1.54) is 17.3 Å². The van der Waals surface area contributed by atoms with Crippen molar-refractivity contribution in [2.24, 2.45) is 0 Å². The summed E-state index contributed by atoms with van der Waals surface area (Å²) in [7, 11) is 1.64. The van der Waals surface area contributed by atoms with Gasteiger partial charge in [-0.2, -0.15) is 0 Å². The molecule has 1 aliphatic heterocycles. The highest BCUT2D eigenvalue weighted by atomic mass is 32.2. The summed E-state index contributed by atoms with van der Waals surface area (Å²) in [6, 6.07) is 13.5. The lowest BCUT2D eigenvalue weighted by molar-refractivity contribution is 0.0980. The molecule has 4 rings (SSSR count). The summed E-state index contributed by atoms with van der Waals surface area (Å²) >= 11 is 1.45. The molecule has 0 amide bonds. The minimum atomic E-state index is -0.355. The van der Waals surface area contributed by atoms with Crippen LogP contribution in [-0.4, -0.2) is 33.0 Å². The van der Waals surface area contributed by atoms with Crippen molar-refractivity contribution in [3.63, 3.8) is 0 Å². The standard InChI is InChI=1S/C21H22N4O2S/c1-12-5-6-16(11-13(12)2)19(26)20-18(15-7-9-17(27-4)10-8-15)24-25-14(3)22-23-21(25)28-20/h5-11,18,20,24H,1-4H3/t18-,20+/m1/s1. The van der Waals surface area contributed by atoms with Gasteiger partial charge in [-0.25, -0.2) is 4.68 Å². The Labute approximate surface area is 168 Å². The maximum Gasteiger partial charge on any atom is 0.210 e. The molecule has 1 aromatic heterocycles. The van der Waals surface area contributed by atoms with E-state index in [9.17, 15) is 4.79 Å². The first-order chi connectivity index (χ1) is 13.5. The van der Waals surface area contributed by atoms with Crippen LogP contribution in [0.25, 0.3) is 0 Å². The number of fused-ring (bicyclic) bond motifs is 1. The van der Waals surface area contributed by atoms with Gasteiger partial charge in [-0.1, -0.05) is 36.0 Å². The van der Waals surface area contributed by atoms with Crippen molar-refractivity contribution in [1.29, 1.82) is 0 Å². The first kappa shape index (κ1) is 18.6. The van der Waals surface area contributed by atoms with Gasteiger partial charge >= 0.3 is 0 Å². The molecule has 2 aromatic carbocycles. The van der Waals surface area contributed by atoms with Gasteiger partial charge in [0.2, 0.25) is 5.16 Å². The van der Waals surface area contributed by atoms with Gasteiger partial charge in [0, 0.05) is 5.56 Å². The molecule has 0 aliphatic carbocycles. The van der Waals surface area contributed by atoms with E-state index in [0.29, 0.717) is 10.7 Å². The van der Waals surface area contributed by atoms with Crippen molar-refractivity contribution in [2.45, 2.75) is 37.2 Å². The highest BCUT2D eigenvalue weighted by Gasteiger charge is 2.37. The second-order valence-electron chi connectivity index (χ2n) is 6.95. The van der Waals surface area contributed by atoms with Crippen molar-refractivity contribution in [1.82, 2.24) is 14.9 Å². The number of aromatic nitrogens is 3. The maximum atomic E-state index is 13.4. The molecular formula is C21H22N4O2S. The molecule has 0 fully saturated rings. The Hall–Kier alpha value is -2.80. The molecule has 1 N–H and O–H groups in total. The molecule has 2 heterocycles. The summed E-state index contributed by atoms with van der Waals surface area (Å²) in [5.74, 6) is 1.62. The number of ketones is 1. The third-order valence-corrected chi connectivity index (χ3v) is 6.34. The van der Waals surface area contributed by atoms with Gasteiger partial charge in [0.05, 0.1) is 13.2 Å². The highest BCUT2D eigenvalue weighted by molar-refractivity contribution is 8.00. The van der Waals surface area contributed by atoms with Gasteiger partial charge < -0.3 is 10.2 Å². The third-order valence-electron chi connectivity index (χ3n) is 5.12. The molecule has 6 nitrogen and oxygen atoms in total. The van der Waals surface area contributed by atoms with Crippen molar-refractivity contribution in [3.05, 3.63) is 70.5 Å². The molecule has 0 unspecified atom stereocenters. The molecule has 28 heavy (non-hydrogen) atoms. The smallest absolute Gasteiger partial charge is 0.210 e. The summed E-state index contributed by atoms with van der Waals surface area (Å²) in [6.45, 7) is 5.96. The molecule has 2 atom stereocenters. The van der Waals surface area contributed by atoms with Crippen LogP contribution in [-0.2, 0) is 0 Å². The molecule has 3 aromatic rings. The van der Waals surface area contributed by atoms with Crippen LogP contribution in [0.1, 0.15) is 38.9 Å². The molecule has 0 saturated heterocycles. The highest BCUT2D eigenvalue weighted by Crippen LogP contribution is 2.39.